The van der Waals surface area contributed by atoms with Crippen LogP contribution in [-0.4, -0.2) is 18.3 Å². The number of carbonyl (C=O) groups excluding carboxylic acids is 1. The molecule has 0 spiro atoms. The smallest absolute Gasteiger partial charge is 0.273 e. The topological polar surface area (TPSA) is 78.7 Å². The molecule has 0 N–H and O–H groups in total. The number of aldehydes is 1. The Balaban J connectivity index is 2.45. The molecule has 7 heteroatoms. The monoisotopic (exact) mass is 307 g/mol. The van der Waals surface area contributed by atoms with E-state index in [1.165, 1.54) is 25.3 Å². The summed E-state index contributed by atoms with van der Waals surface area (Å²) in [5.41, 5.74) is 0.136. The first-order valence-electron chi connectivity index (χ1n) is 5.80. The molecule has 0 unspecified atom stereocenters. The number of hydrogen-bond donors (Lipinski definition) is 0. The van der Waals surface area contributed by atoms with Gasteiger partial charge in [-0.15, -0.1) is 0 Å². The second-order valence-corrected chi connectivity index (χ2v) is 4.38. The van der Waals surface area contributed by atoms with E-state index in [9.17, 15) is 14.9 Å². The number of halogens is 1. The minimum Gasteiger partial charge on any atom is -0.493 e. The normalized spacial score (nSPS) is 10.0. The van der Waals surface area contributed by atoms with E-state index in [0.29, 0.717) is 6.29 Å². The molecule has 0 heterocycles. The molecule has 0 aliphatic heterocycles. The number of nitrogens with zero attached hydrogens (tertiary/aromatic N) is 1. The van der Waals surface area contributed by atoms with Crippen LogP contribution in [0.15, 0.2) is 36.4 Å². The maximum atomic E-state index is 11.0. The first-order chi connectivity index (χ1) is 10.1. The van der Waals surface area contributed by atoms with E-state index in [0.717, 1.165) is 0 Å². The number of methoxy groups -OCH3 is 1. The van der Waals surface area contributed by atoms with Crippen molar-refractivity contribution in [3.05, 3.63) is 57.1 Å². The van der Waals surface area contributed by atoms with E-state index in [-0.39, 0.29) is 33.5 Å². The molecule has 0 aliphatic rings. The van der Waals surface area contributed by atoms with Crippen LogP contribution in [0, 0.1) is 10.1 Å². The van der Waals surface area contributed by atoms with Crippen LogP contribution < -0.4 is 9.47 Å². The van der Waals surface area contributed by atoms with Gasteiger partial charge in [-0.2, -0.15) is 0 Å². The maximum Gasteiger partial charge on any atom is 0.273 e. The number of benzene rings is 2. The van der Waals surface area contributed by atoms with Crippen LogP contribution in [0.5, 0.6) is 17.2 Å². The van der Waals surface area contributed by atoms with Crippen molar-refractivity contribution in [2.24, 2.45) is 0 Å². The average Bonchev–Trinajstić information content (AvgIpc) is 2.49. The predicted octanol–water partition coefficient (Wildman–Crippen LogP) is 3.86. The summed E-state index contributed by atoms with van der Waals surface area (Å²) >= 11 is 6.00. The molecule has 21 heavy (non-hydrogen) atoms. The van der Waals surface area contributed by atoms with Crippen LogP contribution in [-0.2, 0) is 0 Å². The van der Waals surface area contributed by atoms with E-state index in [2.05, 4.69) is 0 Å². The quantitative estimate of drug-likeness (QED) is 0.476. The molecule has 108 valence electrons. The molecule has 0 saturated heterocycles. The number of carbonyl (C=O) groups is 1. The van der Waals surface area contributed by atoms with Crippen LogP contribution in [0.25, 0.3) is 0 Å². The summed E-state index contributed by atoms with van der Waals surface area (Å²) in [4.78, 5) is 21.2. The van der Waals surface area contributed by atoms with Crippen molar-refractivity contribution < 1.29 is 19.2 Å². The Kier molecular flexibility index (Phi) is 4.39. The fraction of sp³-hybridized carbons (Fsp3) is 0.0714. The summed E-state index contributed by atoms with van der Waals surface area (Å²) in [7, 11) is 1.36. The van der Waals surface area contributed by atoms with Crippen LogP contribution in [0.2, 0.25) is 5.02 Å². The third-order valence-corrected chi connectivity index (χ3v) is 2.99. The molecular weight excluding hydrogens is 298 g/mol. The number of hydrogen-bond acceptors (Lipinski definition) is 5. The Bertz CT molecular complexity index is 702. The highest BCUT2D eigenvalue weighted by Crippen LogP contribution is 2.38. The van der Waals surface area contributed by atoms with Crippen molar-refractivity contribution in [3.8, 4) is 17.2 Å². The zero-order chi connectivity index (χ0) is 15.4. The number of rotatable bonds is 5. The lowest BCUT2D eigenvalue weighted by Gasteiger charge is -2.12. The summed E-state index contributed by atoms with van der Waals surface area (Å²) < 4.78 is 10.6. The molecule has 0 radical (unpaired) electrons. The Morgan fingerprint density at radius 2 is 2.00 bits per heavy atom. The average molecular weight is 308 g/mol. The number of ether oxygens (including phenoxy) is 2. The fourth-order valence-corrected chi connectivity index (χ4v) is 1.91. The van der Waals surface area contributed by atoms with Gasteiger partial charge >= 0.3 is 0 Å². The van der Waals surface area contributed by atoms with E-state index in [1.54, 1.807) is 18.2 Å². The van der Waals surface area contributed by atoms with E-state index < -0.39 is 4.92 Å². The van der Waals surface area contributed by atoms with E-state index in [1.807, 2.05) is 0 Å². The zero-order valence-electron chi connectivity index (χ0n) is 10.9. The molecule has 0 amide bonds. The van der Waals surface area contributed by atoms with Gasteiger partial charge < -0.3 is 9.47 Å². The number of nitro groups is 1. The fourth-order valence-electron chi connectivity index (χ4n) is 1.69. The highest BCUT2D eigenvalue weighted by Gasteiger charge is 2.16. The van der Waals surface area contributed by atoms with Gasteiger partial charge in [0.1, 0.15) is 0 Å². The minimum absolute atomic E-state index is 0.131. The minimum atomic E-state index is -0.543. The van der Waals surface area contributed by atoms with Gasteiger partial charge in [-0.05, 0) is 18.2 Å². The van der Waals surface area contributed by atoms with Gasteiger partial charge in [0.05, 0.1) is 28.7 Å². The lowest BCUT2D eigenvalue weighted by atomic mass is 10.2. The largest absolute Gasteiger partial charge is 0.493 e. The van der Waals surface area contributed by atoms with E-state index >= 15 is 0 Å². The third-order valence-electron chi connectivity index (χ3n) is 2.69. The lowest BCUT2D eigenvalue weighted by Crippen LogP contribution is -1.96. The van der Waals surface area contributed by atoms with Crippen molar-refractivity contribution in [2.45, 2.75) is 0 Å². The first kappa shape index (κ1) is 14.8. The second-order valence-electron chi connectivity index (χ2n) is 3.97. The Morgan fingerprint density at radius 3 is 2.62 bits per heavy atom. The molecule has 0 aromatic heterocycles. The molecule has 2 aromatic carbocycles. The highest BCUT2D eigenvalue weighted by molar-refractivity contribution is 6.32. The Labute approximate surface area is 125 Å². The van der Waals surface area contributed by atoms with Gasteiger partial charge in [-0.25, -0.2) is 0 Å². The molecule has 2 rings (SSSR count). The molecule has 0 bridgehead atoms. The van der Waals surface area contributed by atoms with Crippen molar-refractivity contribution in [3.63, 3.8) is 0 Å². The van der Waals surface area contributed by atoms with Gasteiger partial charge in [0.2, 0.25) is 0 Å². The van der Waals surface area contributed by atoms with Gasteiger partial charge in [-0.3, -0.25) is 14.9 Å². The van der Waals surface area contributed by atoms with Gasteiger partial charge in [0.25, 0.3) is 5.69 Å². The SMILES string of the molecule is COc1cc([N+](=O)[O-])ccc1Oc1c(Cl)cccc1C=O. The number of para-hydroxylation sites is 1. The molecule has 0 aliphatic carbocycles. The summed E-state index contributed by atoms with van der Waals surface area (Å²) in [6.45, 7) is 0. The third kappa shape index (κ3) is 3.11. The van der Waals surface area contributed by atoms with Gasteiger partial charge in [0.15, 0.2) is 23.5 Å². The van der Waals surface area contributed by atoms with Crippen LogP contribution >= 0.6 is 11.6 Å². The van der Waals surface area contributed by atoms with Crippen molar-refractivity contribution in [1.29, 1.82) is 0 Å². The predicted molar refractivity (Wildman–Crippen MR) is 76.6 cm³/mol. The summed E-state index contributed by atoms with van der Waals surface area (Å²) in [5, 5.41) is 11.0. The van der Waals surface area contributed by atoms with E-state index in [4.69, 9.17) is 21.1 Å². The molecule has 2 aromatic rings. The molecule has 0 atom stereocenters. The van der Waals surface area contributed by atoms with Gasteiger partial charge in [0, 0.05) is 6.07 Å². The number of non-ortho nitro benzene ring substituents is 1. The van der Waals surface area contributed by atoms with Crippen molar-refractivity contribution in [2.75, 3.05) is 7.11 Å². The lowest BCUT2D eigenvalue weighted by molar-refractivity contribution is -0.384. The molecule has 6 nitrogen and oxygen atoms in total. The standard InChI is InChI=1S/C14H10ClNO5/c1-20-13-7-10(16(18)19)5-6-12(13)21-14-9(8-17)3-2-4-11(14)15/h2-8H,1H3. The van der Waals surface area contributed by atoms with Gasteiger partial charge in [-0.1, -0.05) is 17.7 Å². The summed E-state index contributed by atoms with van der Waals surface area (Å²) in [5.74, 6) is 0.557. The van der Waals surface area contributed by atoms with Crippen molar-refractivity contribution in [1.82, 2.24) is 0 Å². The zero-order valence-corrected chi connectivity index (χ0v) is 11.7. The first-order valence-corrected chi connectivity index (χ1v) is 6.18. The van der Waals surface area contributed by atoms with Crippen molar-refractivity contribution >= 4 is 23.6 Å². The molecule has 0 saturated carbocycles. The summed E-state index contributed by atoms with van der Waals surface area (Å²) in [6, 6.07) is 8.62. The van der Waals surface area contributed by atoms with Crippen LogP contribution in [0.1, 0.15) is 10.4 Å². The second kappa shape index (κ2) is 6.23. The Morgan fingerprint density at radius 1 is 1.24 bits per heavy atom. The van der Waals surface area contributed by atoms with Crippen LogP contribution in [0.4, 0.5) is 5.69 Å². The Hall–Kier alpha value is -2.60. The highest BCUT2D eigenvalue weighted by atomic mass is 35.5. The number of nitro benzene ring substituents is 1. The summed E-state index contributed by atoms with van der Waals surface area (Å²) in [6.07, 6.45) is 0.610. The maximum absolute atomic E-state index is 11.0. The molecule has 0 fully saturated rings. The van der Waals surface area contributed by atoms with Crippen LogP contribution in [0.3, 0.4) is 0 Å². The molecular formula is C14H10ClNO5.